The van der Waals surface area contributed by atoms with Gasteiger partial charge in [-0.2, -0.15) is 0 Å². The van der Waals surface area contributed by atoms with Crippen LogP contribution in [0, 0.1) is 0 Å². The fraction of sp³-hybridized carbons (Fsp3) is 0.500. The molecule has 90 valence electrons. The third kappa shape index (κ3) is 4.51. The molecule has 0 aliphatic rings. The Morgan fingerprint density at radius 3 is 2.81 bits per heavy atom. The van der Waals surface area contributed by atoms with E-state index in [1.165, 1.54) is 6.07 Å². The number of phenols is 2. The Labute approximate surface area is 95.9 Å². The van der Waals surface area contributed by atoms with Crippen LogP contribution in [0.15, 0.2) is 18.2 Å². The zero-order valence-corrected chi connectivity index (χ0v) is 9.57. The highest BCUT2D eigenvalue weighted by Crippen LogP contribution is 2.21. The molecule has 16 heavy (non-hydrogen) atoms. The molecule has 0 unspecified atom stereocenters. The average molecular weight is 225 g/mol. The van der Waals surface area contributed by atoms with Gasteiger partial charge < -0.3 is 20.3 Å². The number of aromatic hydroxyl groups is 2. The lowest BCUT2D eigenvalue weighted by Gasteiger charge is -2.07. The van der Waals surface area contributed by atoms with Gasteiger partial charge in [-0.3, -0.25) is 0 Å². The molecule has 1 aromatic rings. The Kier molecular flexibility index (Phi) is 5.67. The van der Waals surface area contributed by atoms with Gasteiger partial charge in [0, 0.05) is 31.4 Å². The van der Waals surface area contributed by atoms with Gasteiger partial charge in [-0.15, -0.1) is 0 Å². The van der Waals surface area contributed by atoms with Gasteiger partial charge >= 0.3 is 0 Å². The number of ether oxygens (including phenoxy) is 1. The number of rotatable bonds is 7. The highest BCUT2D eigenvalue weighted by Gasteiger charge is 2.01. The second-order valence-corrected chi connectivity index (χ2v) is 3.54. The number of hydrogen-bond donors (Lipinski definition) is 3. The molecular weight excluding hydrogens is 206 g/mol. The van der Waals surface area contributed by atoms with E-state index in [0.29, 0.717) is 6.54 Å². The van der Waals surface area contributed by atoms with Crippen LogP contribution >= 0.6 is 0 Å². The van der Waals surface area contributed by atoms with Crippen LogP contribution < -0.4 is 5.32 Å². The largest absolute Gasteiger partial charge is 0.508 e. The molecular formula is C12H19NO3. The third-order valence-corrected chi connectivity index (χ3v) is 2.23. The minimum atomic E-state index is 0.0811. The molecule has 3 N–H and O–H groups in total. The SMILES string of the molecule is CCOCCCNCc1ccc(O)cc1O. The first kappa shape index (κ1) is 12.8. The molecule has 0 atom stereocenters. The second kappa shape index (κ2) is 7.09. The normalized spacial score (nSPS) is 10.6. The lowest BCUT2D eigenvalue weighted by atomic mass is 10.2. The Hall–Kier alpha value is -1.26. The van der Waals surface area contributed by atoms with Crippen LogP contribution in [0.25, 0.3) is 0 Å². The minimum Gasteiger partial charge on any atom is -0.508 e. The summed E-state index contributed by atoms with van der Waals surface area (Å²) in [6.07, 6.45) is 0.951. The van der Waals surface area contributed by atoms with Crippen molar-refractivity contribution in [2.45, 2.75) is 19.9 Å². The molecule has 0 aromatic heterocycles. The third-order valence-electron chi connectivity index (χ3n) is 2.23. The summed E-state index contributed by atoms with van der Waals surface area (Å²) in [6, 6.07) is 4.62. The quantitative estimate of drug-likeness (QED) is 0.617. The van der Waals surface area contributed by atoms with Crippen LogP contribution in [-0.2, 0) is 11.3 Å². The van der Waals surface area contributed by atoms with E-state index in [9.17, 15) is 5.11 Å². The fourth-order valence-corrected chi connectivity index (χ4v) is 1.37. The van der Waals surface area contributed by atoms with Crippen LogP contribution in [0.1, 0.15) is 18.9 Å². The highest BCUT2D eigenvalue weighted by atomic mass is 16.5. The molecule has 4 heteroatoms. The van der Waals surface area contributed by atoms with Crippen molar-refractivity contribution in [2.24, 2.45) is 0 Å². The summed E-state index contributed by atoms with van der Waals surface area (Å²) < 4.78 is 5.20. The second-order valence-electron chi connectivity index (χ2n) is 3.54. The molecule has 0 spiro atoms. The maximum Gasteiger partial charge on any atom is 0.123 e. The summed E-state index contributed by atoms with van der Waals surface area (Å²) in [5.74, 6) is 0.204. The van der Waals surface area contributed by atoms with E-state index in [0.717, 1.165) is 31.7 Å². The van der Waals surface area contributed by atoms with Crippen molar-refractivity contribution >= 4 is 0 Å². The lowest BCUT2D eigenvalue weighted by molar-refractivity contribution is 0.144. The first-order chi connectivity index (χ1) is 7.74. The number of nitrogens with one attached hydrogen (secondary N) is 1. The van der Waals surface area contributed by atoms with Crippen LogP contribution in [0.3, 0.4) is 0 Å². The van der Waals surface area contributed by atoms with Crippen LogP contribution in [0.4, 0.5) is 0 Å². The van der Waals surface area contributed by atoms with E-state index in [2.05, 4.69) is 5.32 Å². The summed E-state index contributed by atoms with van der Waals surface area (Å²) in [5, 5.41) is 21.8. The fourth-order valence-electron chi connectivity index (χ4n) is 1.37. The summed E-state index contributed by atoms with van der Waals surface area (Å²) in [5.41, 5.74) is 0.786. The van der Waals surface area contributed by atoms with Gasteiger partial charge in [-0.25, -0.2) is 0 Å². The Morgan fingerprint density at radius 1 is 1.31 bits per heavy atom. The van der Waals surface area contributed by atoms with Gasteiger partial charge in [0.05, 0.1) is 0 Å². The van der Waals surface area contributed by atoms with Crippen molar-refractivity contribution in [3.05, 3.63) is 23.8 Å². The van der Waals surface area contributed by atoms with Crippen molar-refractivity contribution in [3.63, 3.8) is 0 Å². The lowest BCUT2D eigenvalue weighted by Crippen LogP contribution is -2.16. The van der Waals surface area contributed by atoms with Crippen molar-refractivity contribution < 1.29 is 14.9 Å². The Bertz CT molecular complexity index is 315. The first-order valence-electron chi connectivity index (χ1n) is 5.53. The van der Waals surface area contributed by atoms with Crippen molar-refractivity contribution in [3.8, 4) is 11.5 Å². The maximum atomic E-state index is 9.51. The number of benzene rings is 1. The summed E-state index contributed by atoms with van der Waals surface area (Å²) in [4.78, 5) is 0. The van der Waals surface area contributed by atoms with Gasteiger partial charge in [-0.05, 0) is 26.0 Å². The molecule has 0 radical (unpaired) electrons. The van der Waals surface area contributed by atoms with Gasteiger partial charge in [0.1, 0.15) is 11.5 Å². The molecule has 0 amide bonds. The van der Waals surface area contributed by atoms with Crippen LogP contribution in [0.5, 0.6) is 11.5 Å². The topological polar surface area (TPSA) is 61.7 Å². The minimum absolute atomic E-state index is 0.0811. The van der Waals surface area contributed by atoms with Crippen LogP contribution in [0.2, 0.25) is 0 Å². The average Bonchev–Trinajstić information content (AvgIpc) is 2.26. The van der Waals surface area contributed by atoms with Gasteiger partial charge in [0.25, 0.3) is 0 Å². The first-order valence-corrected chi connectivity index (χ1v) is 5.53. The van der Waals surface area contributed by atoms with Crippen molar-refractivity contribution in [1.29, 1.82) is 0 Å². The molecule has 0 saturated heterocycles. The molecule has 0 bridgehead atoms. The monoisotopic (exact) mass is 225 g/mol. The number of hydrogen-bond acceptors (Lipinski definition) is 4. The maximum absolute atomic E-state index is 9.51. The summed E-state index contributed by atoms with van der Waals surface area (Å²) in [6.45, 7) is 4.92. The van der Waals surface area contributed by atoms with Gasteiger partial charge in [-0.1, -0.05) is 6.07 Å². The van der Waals surface area contributed by atoms with Crippen molar-refractivity contribution in [2.75, 3.05) is 19.8 Å². The van der Waals surface area contributed by atoms with E-state index < -0.39 is 0 Å². The van der Waals surface area contributed by atoms with E-state index >= 15 is 0 Å². The van der Waals surface area contributed by atoms with Gasteiger partial charge in [0.15, 0.2) is 0 Å². The smallest absolute Gasteiger partial charge is 0.123 e. The highest BCUT2D eigenvalue weighted by molar-refractivity contribution is 5.38. The predicted octanol–water partition coefficient (Wildman–Crippen LogP) is 1.61. The summed E-state index contributed by atoms with van der Waals surface area (Å²) >= 11 is 0. The van der Waals surface area contributed by atoms with Crippen LogP contribution in [-0.4, -0.2) is 30.0 Å². The van der Waals surface area contributed by atoms with E-state index in [1.807, 2.05) is 6.92 Å². The molecule has 1 rings (SSSR count). The molecule has 0 fully saturated rings. The van der Waals surface area contributed by atoms with Gasteiger partial charge in [0.2, 0.25) is 0 Å². The van der Waals surface area contributed by atoms with E-state index in [-0.39, 0.29) is 11.5 Å². The summed E-state index contributed by atoms with van der Waals surface area (Å²) in [7, 11) is 0. The zero-order valence-electron chi connectivity index (χ0n) is 9.57. The molecule has 0 heterocycles. The molecule has 1 aromatic carbocycles. The molecule has 4 nitrogen and oxygen atoms in total. The van der Waals surface area contributed by atoms with E-state index in [4.69, 9.17) is 9.84 Å². The Morgan fingerprint density at radius 2 is 2.12 bits per heavy atom. The zero-order chi connectivity index (χ0) is 11.8. The standard InChI is InChI=1S/C12H19NO3/c1-2-16-7-3-6-13-9-10-4-5-11(14)8-12(10)15/h4-5,8,13-15H,2-3,6-7,9H2,1H3. The Balaban J connectivity index is 2.21. The predicted molar refractivity (Wildman–Crippen MR) is 62.6 cm³/mol. The number of phenolic OH excluding ortho intramolecular Hbond substituents is 2. The molecule has 0 aliphatic heterocycles. The van der Waals surface area contributed by atoms with Crippen molar-refractivity contribution in [1.82, 2.24) is 5.32 Å². The molecule has 0 saturated carbocycles. The molecule has 0 aliphatic carbocycles. The van der Waals surface area contributed by atoms with E-state index in [1.54, 1.807) is 12.1 Å².